The van der Waals surface area contributed by atoms with Crippen molar-refractivity contribution in [1.82, 2.24) is 19.5 Å². The molecule has 5 nitrogen and oxygen atoms in total. The van der Waals surface area contributed by atoms with Gasteiger partial charge in [-0.25, -0.2) is 15.0 Å². The molecule has 0 fully saturated rings. The first-order valence-electron chi connectivity index (χ1n) is 18.0. The molecule has 0 unspecified atom stereocenters. The first-order chi connectivity index (χ1) is 26.0. The van der Waals surface area contributed by atoms with Gasteiger partial charge in [-0.1, -0.05) is 129 Å². The van der Waals surface area contributed by atoms with Crippen LogP contribution in [0.5, 0.6) is 0 Å². The first-order valence-corrected chi connectivity index (χ1v) is 18.0. The van der Waals surface area contributed by atoms with Gasteiger partial charge in [-0.2, -0.15) is 0 Å². The lowest BCUT2D eigenvalue weighted by Gasteiger charge is -2.22. The fourth-order valence-electron chi connectivity index (χ4n) is 8.63. The van der Waals surface area contributed by atoms with Crippen LogP contribution in [-0.4, -0.2) is 19.5 Å². The third-order valence-electron chi connectivity index (χ3n) is 11.0. The molecule has 3 aromatic heterocycles. The van der Waals surface area contributed by atoms with E-state index in [0.717, 1.165) is 38.9 Å². The molecule has 5 heteroatoms. The number of nitrogens with zero attached hydrogens (tertiary/aromatic N) is 4. The summed E-state index contributed by atoms with van der Waals surface area (Å²) in [6.07, 6.45) is 0. The van der Waals surface area contributed by atoms with E-state index in [1.165, 1.54) is 49.4 Å². The number of benzene rings is 7. The maximum atomic E-state index is 6.39. The molecule has 3 heterocycles. The smallest absolute Gasteiger partial charge is 0.164 e. The zero-order valence-electron chi connectivity index (χ0n) is 29.2. The molecule has 0 aliphatic heterocycles. The Labute approximate surface area is 305 Å². The monoisotopic (exact) mass is 680 g/mol. The van der Waals surface area contributed by atoms with Crippen LogP contribution in [0.3, 0.4) is 0 Å². The molecule has 11 rings (SSSR count). The zero-order chi connectivity index (χ0) is 35.3. The van der Waals surface area contributed by atoms with Gasteiger partial charge in [0.15, 0.2) is 17.5 Å². The van der Waals surface area contributed by atoms with E-state index in [4.69, 9.17) is 19.4 Å². The van der Waals surface area contributed by atoms with Crippen LogP contribution in [-0.2, 0) is 5.41 Å². The minimum absolute atomic E-state index is 0.234. The lowest BCUT2D eigenvalue weighted by Crippen LogP contribution is -2.15. The lowest BCUT2D eigenvalue weighted by atomic mass is 9.80. The highest BCUT2D eigenvalue weighted by atomic mass is 16.3. The number of furan rings is 1. The van der Waals surface area contributed by atoms with Gasteiger partial charge in [0.05, 0.1) is 11.0 Å². The van der Waals surface area contributed by atoms with Gasteiger partial charge in [0.25, 0.3) is 0 Å². The Balaban J connectivity index is 1.13. The van der Waals surface area contributed by atoms with Crippen molar-refractivity contribution in [3.05, 3.63) is 169 Å². The van der Waals surface area contributed by atoms with Gasteiger partial charge in [0, 0.05) is 54.9 Å². The van der Waals surface area contributed by atoms with Crippen molar-refractivity contribution < 1.29 is 4.42 Å². The summed E-state index contributed by atoms with van der Waals surface area (Å²) in [7, 11) is 0. The van der Waals surface area contributed by atoms with Crippen LogP contribution in [0.1, 0.15) is 25.0 Å². The maximum absolute atomic E-state index is 6.39. The molecule has 0 bridgehead atoms. The topological polar surface area (TPSA) is 56.7 Å². The average Bonchev–Trinajstić information content (AvgIpc) is 3.84. The van der Waals surface area contributed by atoms with Crippen molar-refractivity contribution in [1.29, 1.82) is 0 Å². The van der Waals surface area contributed by atoms with E-state index in [-0.39, 0.29) is 5.41 Å². The zero-order valence-corrected chi connectivity index (χ0v) is 29.2. The minimum atomic E-state index is -0.234. The summed E-state index contributed by atoms with van der Waals surface area (Å²) in [5, 5.41) is 4.84. The Bertz CT molecular complexity index is 3010. The molecule has 0 saturated carbocycles. The summed E-state index contributed by atoms with van der Waals surface area (Å²) >= 11 is 0. The van der Waals surface area contributed by atoms with Gasteiger partial charge in [0.1, 0.15) is 11.2 Å². The van der Waals surface area contributed by atoms with Crippen LogP contribution in [0.2, 0.25) is 0 Å². The van der Waals surface area contributed by atoms with Crippen molar-refractivity contribution >= 4 is 43.7 Å². The fourth-order valence-corrected chi connectivity index (χ4v) is 8.63. The molecule has 53 heavy (non-hydrogen) atoms. The highest BCUT2D eigenvalue weighted by Crippen LogP contribution is 2.56. The van der Waals surface area contributed by atoms with Gasteiger partial charge < -0.3 is 8.98 Å². The summed E-state index contributed by atoms with van der Waals surface area (Å²) < 4.78 is 8.83. The quantitative estimate of drug-likeness (QED) is 0.186. The van der Waals surface area contributed by atoms with Crippen LogP contribution in [0.15, 0.2) is 162 Å². The highest BCUT2D eigenvalue weighted by molar-refractivity contribution is 6.18. The number of aromatic nitrogens is 4. The van der Waals surface area contributed by atoms with E-state index in [1.54, 1.807) is 0 Å². The number of rotatable bonds is 4. The number of para-hydroxylation sites is 2. The Morgan fingerprint density at radius 2 is 1.08 bits per heavy atom. The molecule has 10 aromatic rings. The number of hydrogen-bond donors (Lipinski definition) is 0. The van der Waals surface area contributed by atoms with Gasteiger partial charge in [-0.05, 0) is 59.2 Å². The molecular weight excluding hydrogens is 649 g/mol. The molecule has 0 atom stereocenters. The Morgan fingerprint density at radius 3 is 1.75 bits per heavy atom. The molecule has 250 valence electrons. The molecule has 0 radical (unpaired) electrons. The van der Waals surface area contributed by atoms with E-state index in [2.05, 4.69) is 109 Å². The largest absolute Gasteiger partial charge is 0.456 e. The van der Waals surface area contributed by atoms with Crippen molar-refractivity contribution in [2.75, 3.05) is 0 Å². The van der Waals surface area contributed by atoms with Crippen LogP contribution < -0.4 is 0 Å². The maximum Gasteiger partial charge on any atom is 0.164 e. The first kappa shape index (κ1) is 29.8. The van der Waals surface area contributed by atoms with Gasteiger partial charge in [-0.15, -0.1) is 0 Å². The lowest BCUT2D eigenvalue weighted by molar-refractivity contribution is 0.657. The summed E-state index contributed by atoms with van der Waals surface area (Å²) in [5.41, 5.74) is 13.1. The second-order valence-corrected chi connectivity index (χ2v) is 14.4. The minimum Gasteiger partial charge on any atom is -0.456 e. The van der Waals surface area contributed by atoms with E-state index < -0.39 is 0 Å². The summed E-state index contributed by atoms with van der Waals surface area (Å²) in [6.45, 7) is 4.71. The second kappa shape index (κ2) is 11.1. The molecule has 7 aromatic carbocycles. The molecule has 1 aliphatic rings. The van der Waals surface area contributed by atoms with Crippen LogP contribution in [0.4, 0.5) is 0 Å². The highest BCUT2D eigenvalue weighted by Gasteiger charge is 2.40. The Kier molecular flexibility index (Phi) is 6.23. The van der Waals surface area contributed by atoms with Crippen molar-refractivity contribution in [2.24, 2.45) is 0 Å². The van der Waals surface area contributed by atoms with Crippen LogP contribution >= 0.6 is 0 Å². The normalized spacial score (nSPS) is 13.2. The van der Waals surface area contributed by atoms with Gasteiger partial charge >= 0.3 is 0 Å². The average molecular weight is 681 g/mol. The van der Waals surface area contributed by atoms with Gasteiger partial charge in [-0.3, -0.25) is 0 Å². The molecular formula is C48H32N4O. The summed E-state index contributed by atoms with van der Waals surface area (Å²) in [4.78, 5) is 14.9. The van der Waals surface area contributed by atoms with Crippen LogP contribution in [0, 0.1) is 0 Å². The van der Waals surface area contributed by atoms with Crippen molar-refractivity contribution in [3.63, 3.8) is 0 Å². The molecule has 0 saturated heterocycles. The third-order valence-corrected chi connectivity index (χ3v) is 11.0. The predicted molar refractivity (Wildman–Crippen MR) is 215 cm³/mol. The second-order valence-electron chi connectivity index (χ2n) is 14.4. The Hall–Kier alpha value is -6.85. The van der Waals surface area contributed by atoms with Crippen molar-refractivity contribution in [2.45, 2.75) is 19.3 Å². The third kappa shape index (κ3) is 4.34. The number of fused-ring (bicyclic) bond motifs is 11. The van der Waals surface area contributed by atoms with E-state index in [1.807, 2.05) is 66.7 Å². The SMILES string of the molecule is CC1(C)c2ccc3c4ccccc4n(-c4ccc(-c5nc(-c6ccccc6)nc(-c6ccccc6)n5)cc4)c3c2-c2ccc3oc4ccccc4c3c21. The Morgan fingerprint density at radius 1 is 0.491 bits per heavy atom. The summed E-state index contributed by atoms with van der Waals surface area (Å²) in [6, 6.07) is 55.1. The molecule has 0 N–H and O–H groups in total. The molecule has 0 spiro atoms. The molecule has 1 aliphatic carbocycles. The standard InChI is InChI=1S/C48H32N4O/c1-48(2)37-27-25-34-33-17-9-11-19-38(33)52(44(34)41(37)36-26-28-40-42(43(36)48)35-18-10-12-20-39(35)53-40)32-23-21-31(22-24-32)47-50-45(29-13-5-3-6-14-29)49-46(51-47)30-15-7-4-8-16-30/h3-28H,1-2H3. The summed E-state index contributed by atoms with van der Waals surface area (Å²) in [5.74, 6) is 1.94. The van der Waals surface area contributed by atoms with E-state index in [9.17, 15) is 0 Å². The predicted octanol–water partition coefficient (Wildman–Crippen LogP) is 12.2. The van der Waals surface area contributed by atoms with E-state index >= 15 is 0 Å². The van der Waals surface area contributed by atoms with Crippen LogP contribution in [0.25, 0.3) is 94.7 Å². The molecule has 0 amide bonds. The van der Waals surface area contributed by atoms with E-state index in [0.29, 0.717) is 17.5 Å². The fraction of sp³-hybridized carbons (Fsp3) is 0.0625. The van der Waals surface area contributed by atoms with Gasteiger partial charge in [0.2, 0.25) is 0 Å². The van der Waals surface area contributed by atoms with Crippen molar-refractivity contribution in [3.8, 4) is 51.0 Å². The number of hydrogen-bond acceptors (Lipinski definition) is 4.